The Balaban J connectivity index is 2.24. The minimum absolute atomic E-state index is 0.00360. The van der Waals surface area contributed by atoms with E-state index in [1.54, 1.807) is 23.9 Å². The van der Waals surface area contributed by atoms with Crippen molar-refractivity contribution < 1.29 is 14.3 Å². The van der Waals surface area contributed by atoms with Gasteiger partial charge >= 0.3 is 6.09 Å². The van der Waals surface area contributed by atoms with Gasteiger partial charge in [0.15, 0.2) is 0 Å². The smallest absolute Gasteiger partial charge is 0.411 e. The fraction of sp³-hybridized carbons (Fsp3) is 0.750. The zero-order chi connectivity index (χ0) is 15.8. The standard InChI is InChI=1S/C16H26N2O3/c1-16(2,3)21-15(20)18-11-7-6-8-12(13(18)10-9-11)14(19)17(4)5/h8,11,13H,6-7,9-10H2,1-5H3. The van der Waals surface area contributed by atoms with Crippen LogP contribution in [0.3, 0.4) is 0 Å². The van der Waals surface area contributed by atoms with E-state index >= 15 is 0 Å². The summed E-state index contributed by atoms with van der Waals surface area (Å²) in [5.41, 5.74) is 0.226. The molecule has 2 aliphatic rings. The molecule has 118 valence electrons. The van der Waals surface area contributed by atoms with Crippen LogP contribution in [-0.4, -0.2) is 53.6 Å². The molecule has 1 fully saturated rings. The molecule has 0 N–H and O–H groups in total. The van der Waals surface area contributed by atoms with Gasteiger partial charge in [0.1, 0.15) is 5.60 Å². The quantitative estimate of drug-likeness (QED) is 0.747. The second kappa shape index (κ2) is 5.70. The zero-order valence-corrected chi connectivity index (χ0v) is 13.7. The van der Waals surface area contributed by atoms with Crippen LogP contribution in [0.2, 0.25) is 0 Å². The predicted molar refractivity (Wildman–Crippen MR) is 80.9 cm³/mol. The second-order valence-electron chi connectivity index (χ2n) is 7.07. The lowest BCUT2D eigenvalue weighted by atomic mass is 9.99. The molecule has 0 aliphatic carbocycles. The third kappa shape index (κ3) is 3.39. The van der Waals surface area contributed by atoms with Gasteiger partial charge in [-0.05, 0) is 46.5 Å². The van der Waals surface area contributed by atoms with Gasteiger partial charge in [0, 0.05) is 25.7 Å². The van der Waals surface area contributed by atoms with E-state index < -0.39 is 5.60 Å². The number of hydrogen-bond donors (Lipinski definition) is 0. The Hall–Kier alpha value is -1.52. The van der Waals surface area contributed by atoms with Crippen molar-refractivity contribution in [3.63, 3.8) is 0 Å². The van der Waals surface area contributed by atoms with Crippen molar-refractivity contribution in [2.75, 3.05) is 14.1 Å². The first kappa shape index (κ1) is 15.9. The summed E-state index contributed by atoms with van der Waals surface area (Å²) < 4.78 is 5.54. The van der Waals surface area contributed by atoms with Gasteiger partial charge in [-0.2, -0.15) is 0 Å². The third-order valence-electron chi connectivity index (χ3n) is 3.98. The van der Waals surface area contributed by atoms with Gasteiger partial charge in [-0.3, -0.25) is 9.69 Å². The van der Waals surface area contributed by atoms with E-state index in [-0.39, 0.29) is 24.1 Å². The molecule has 0 spiro atoms. The van der Waals surface area contributed by atoms with Gasteiger partial charge in [0.25, 0.3) is 5.91 Å². The Morgan fingerprint density at radius 2 is 1.90 bits per heavy atom. The Kier molecular flexibility index (Phi) is 4.30. The summed E-state index contributed by atoms with van der Waals surface area (Å²) in [6.07, 6.45) is 5.24. The minimum Gasteiger partial charge on any atom is -0.444 e. The molecule has 0 aromatic carbocycles. The number of amides is 2. The van der Waals surface area contributed by atoms with Gasteiger partial charge in [-0.15, -0.1) is 0 Å². The molecule has 5 heteroatoms. The number of rotatable bonds is 1. The van der Waals surface area contributed by atoms with E-state index in [0.29, 0.717) is 0 Å². The first-order chi connectivity index (χ1) is 9.70. The summed E-state index contributed by atoms with van der Waals surface area (Å²) in [7, 11) is 3.50. The molecule has 0 radical (unpaired) electrons. The molecule has 0 aromatic rings. The number of carbonyl (C=O) groups is 2. The van der Waals surface area contributed by atoms with Crippen LogP contribution in [0.25, 0.3) is 0 Å². The molecule has 2 atom stereocenters. The highest BCUT2D eigenvalue weighted by molar-refractivity contribution is 5.95. The highest BCUT2D eigenvalue weighted by Gasteiger charge is 2.43. The number of fused-ring (bicyclic) bond motifs is 2. The number of ether oxygens (including phenoxy) is 1. The monoisotopic (exact) mass is 294 g/mol. The van der Waals surface area contributed by atoms with Crippen LogP contribution in [0, 0.1) is 0 Å². The molecule has 2 aliphatic heterocycles. The van der Waals surface area contributed by atoms with Crippen molar-refractivity contribution in [2.24, 2.45) is 0 Å². The van der Waals surface area contributed by atoms with Crippen molar-refractivity contribution >= 4 is 12.0 Å². The van der Waals surface area contributed by atoms with Crippen molar-refractivity contribution in [1.29, 1.82) is 0 Å². The Morgan fingerprint density at radius 1 is 1.24 bits per heavy atom. The van der Waals surface area contributed by atoms with Crippen LogP contribution in [-0.2, 0) is 9.53 Å². The van der Waals surface area contributed by atoms with Crippen LogP contribution >= 0.6 is 0 Å². The molecular formula is C16H26N2O3. The average molecular weight is 294 g/mol. The van der Waals surface area contributed by atoms with E-state index in [1.165, 1.54) is 0 Å². The normalized spacial score (nSPS) is 25.2. The van der Waals surface area contributed by atoms with Crippen molar-refractivity contribution in [1.82, 2.24) is 9.80 Å². The molecule has 2 heterocycles. The Morgan fingerprint density at radius 3 is 2.48 bits per heavy atom. The number of nitrogens with zero attached hydrogens (tertiary/aromatic N) is 2. The predicted octanol–water partition coefficient (Wildman–Crippen LogP) is 2.56. The SMILES string of the molecule is CN(C)C(=O)C1=CCCC2CCC1N2C(=O)OC(C)(C)C. The van der Waals surface area contributed by atoms with Crippen LogP contribution < -0.4 is 0 Å². The molecule has 2 bridgehead atoms. The number of likely N-dealkylation sites (N-methyl/N-ethyl adjacent to an activating group) is 1. The molecule has 0 saturated carbocycles. The van der Waals surface area contributed by atoms with Crippen LogP contribution in [0.4, 0.5) is 4.79 Å². The van der Waals surface area contributed by atoms with Crippen LogP contribution in [0.5, 0.6) is 0 Å². The maximum absolute atomic E-state index is 12.5. The van der Waals surface area contributed by atoms with E-state index in [4.69, 9.17) is 4.74 Å². The maximum atomic E-state index is 12.5. The van der Waals surface area contributed by atoms with E-state index in [9.17, 15) is 9.59 Å². The summed E-state index contributed by atoms with van der Waals surface area (Å²) in [5, 5.41) is 0. The average Bonchev–Trinajstić information content (AvgIpc) is 2.63. The van der Waals surface area contributed by atoms with Crippen LogP contribution in [0.1, 0.15) is 46.5 Å². The van der Waals surface area contributed by atoms with E-state index in [1.807, 2.05) is 26.8 Å². The van der Waals surface area contributed by atoms with E-state index in [0.717, 1.165) is 31.3 Å². The van der Waals surface area contributed by atoms with Gasteiger partial charge < -0.3 is 9.64 Å². The summed E-state index contributed by atoms with van der Waals surface area (Å²) in [4.78, 5) is 28.3. The number of carbonyl (C=O) groups excluding carboxylic acids is 2. The first-order valence-electron chi connectivity index (χ1n) is 7.63. The molecule has 2 unspecified atom stereocenters. The third-order valence-corrected chi connectivity index (χ3v) is 3.98. The van der Waals surface area contributed by atoms with Crippen molar-refractivity contribution in [3.05, 3.63) is 11.6 Å². The van der Waals surface area contributed by atoms with Crippen molar-refractivity contribution in [2.45, 2.75) is 64.1 Å². The summed E-state index contributed by atoms with van der Waals surface area (Å²) in [6, 6.07) is 0.0517. The lowest BCUT2D eigenvalue weighted by Crippen LogP contribution is -2.46. The van der Waals surface area contributed by atoms with Gasteiger partial charge in [-0.25, -0.2) is 4.79 Å². The summed E-state index contributed by atoms with van der Waals surface area (Å²) in [5.74, 6) is -0.00360. The number of allylic oxidation sites excluding steroid dienone is 1. The second-order valence-corrected chi connectivity index (χ2v) is 7.07. The molecule has 5 nitrogen and oxygen atoms in total. The molecule has 2 amide bonds. The highest BCUT2D eigenvalue weighted by Crippen LogP contribution is 2.36. The number of hydrogen-bond acceptors (Lipinski definition) is 3. The van der Waals surface area contributed by atoms with Crippen LogP contribution in [0.15, 0.2) is 11.6 Å². The first-order valence-corrected chi connectivity index (χ1v) is 7.63. The molecule has 2 rings (SSSR count). The summed E-state index contributed by atoms with van der Waals surface area (Å²) >= 11 is 0. The van der Waals surface area contributed by atoms with Crippen molar-refractivity contribution in [3.8, 4) is 0 Å². The zero-order valence-electron chi connectivity index (χ0n) is 13.7. The largest absolute Gasteiger partial charge is 0.444 e. The summed E-state index contributed by atoms with van der Waals surface area (Å²) in [6.45, 7) is 5.60. The van der Waals surface area contributed by atoms with Gasteiger partial charge in [0.2, 0.25) is 0 Å². The fourth-order valence-electron chi connectivity index (χ4n) is 3.12. The fourth-order valence-corrected chi connectivity index (χ4v) is 3.12. The maximum Gasteiger partial charge on any atom is 0.411 e. The molecule has 1 saturated heterocycles. The van der Waals surface area contributed by atoms with Gasteiger partial charge in [0.05, 0.1) is 6.04 Å². The molecule has 0 aromatic heterocycles. The lowest BCUT2D eigenvalue weighted by Gasteiger charge is -2.32. The topological polar surface area (TPSA) is 49.9 Å². The molecule has 21 heavy (non-hydrogen) atoms. The highest BCUT2D eigenvalue weighted by atomic mass is 16.6. The molecular weight excluding hydrogens is 268 g/mol. The Bertz CT molecular complexity index is 463. The van der Waals surface area contributed by atoms with E-state index in [2.05, 4.69) is 0 Å². The minimum atomic E-state index is -0.516. The Labute approximate surface area is 126 Å². The van der Waals surface area contributed by atoms with Gasteiger partial charge in [-0.1, -0.05) is 6.08 Å². The lowest BCUT2D eigenvalue weighted by molar-refractivity contribution is -0.125.